The number of carbonyl (C=O) groups is 1. The Balaban J connectivity index is 2.48. The van der Waals surface area contributed by atoms with Gasteiger partial charge in [-0.25, -0.2) is 9.93 Å². The molecule has 1 atom stereocenters. The molecule has 112 valence electrons. The van der Waals surface area contributed by atoms with Crippen LogP contribution in [0, 0.1) is 5.92 Å². The van der Waals surface area contributed by atoms with Gasteiger partial charge in [0.15, 0.2) is 0 Å². The third kappa shape index (κ3) is 6.74. The summed E-state index contributed by atoms with van der Waals surface area (Å²) in [4.78, 5) is 13.5. The SMILES string of the molecule is CC(C)(C)OC(=O)N1CCCC(COS(N)(=O)=O)C1. The number of likely N-dealkylation sites (tertiary alicyclic amines) is 1. The van der Waals surface area contributed by atoms with Gasteiger partial charge in [-0.1, -0.05) is 0 Å². The summed E-state index contributed by atoms with van der Waals surface area (Å²) in [5.41, 5.74) is -0.541. The van der Waals surface area contributed by atoms with Gasteiger partial charge in [0.25, 0.3) is 0 Å². The maximum Gasteiger partial charge on any atom is 0.410 e. The number of ether oxygens (including phenoxy) is 1. The van der Waals surface area contributed by atoms with Gasteiger partial charge in [0.1, 0.15) is 5.60 Å². The normalized spacial score (nSPS) is 21.3. The quantitative estimate of drug-likeness (QED) is 0.832. The highest BCUT2D eigenvalue weighted by Gasteiger charge is 2.28. The second-order valence-corrected chi connectivity index (χ2v) is 6.93. The topological polar surface area (TPSA) is 98.9 Å². The molecule has 1 amide bonds. The van der Waals surface area contributed by atoms with E-state index in [1.54, 1.807) is 25.7 Å². The molecule has 0 aromatic heterocycles. The van der Waals surface area contributed by atoms with Gasteiger partial charge in [-0.15, -0.1) is 0 Å². The van der Waals surface area contributed by atoms with Crippen molar-refractivity contribution in [1.29, 1.82) is 0 Å². The standard InChI is InChI=1S/C11H22N2O5S/c1-11(2,3)18-10(14)13-6-4-5-9(7-13)8-17-19(12,15)16/h9H,4-8H2,1-3H3,(H2,12,15,16). The lowest BCUT2D eigenvalue weighted by molar-refractivity contribution is 0.0142. The fraction of sp³-hybridized carbons (Fsp3) is 0.909. The van der Waals surface area contributed by atoms with E-state index in [4.69, 9.17) is 9.88 Å². The summed E-state index contributed by atoms with van der Waals surface area (Å²) in [6, 6.07) is 0. The minimum atomic E-state index is -3.92. The number of nitrogens with two attached hydrogens (primary N) is 1. The molecular weight excluding hydrogens is 272 g/mol. The molecule has 2 N–H and O–H groups in total. The lowest BCUT2D eigenvalue weighted by Crippen LogP contribution is -2.44. The average molecular weight is 294 g/mol. The number of hydrogen-bond donors (Lipinski definition) is 1. The zero-order chi connectivity index (χ0) is 14.7. The summed E-state index contributed by atoms with van der Waals surface area (Å²) < 4.78 is 31.3. The van der Waals surface area contributed by atoms with Crippen LogP contribution in [0.2, 0.25) is 0 Å². The molecule has 1 saturated heterocycles. The number of nitrogens with zero attached hydrogens (tertiary/aromatic N) is 1. The number of piperidine rings is 1. The van der Waals surface area contributed by atoms with Gasteiger partial charge >= 0.3 is 16.4 Å². The van der Waals surface area contributed by atoms with Crippen molar-refractivity contribution in [2.75, 3.05) is 19.7 Å². The Morgan fingerprint density at radius 3 is 2.58 bits per heavy atom. The fourth-order valence-corrected chi connectivity index (χ4v) is 2.27. The van der Waals surface area contributed by atoms with E-state index in [9.17, 15) is 13.2 Å². The molecular formula is C11H22N2O5S. The maximum absolute atomic E-state index is 11.9. The van der Waals surface area contributed by atoms with Crippen molar-refractivity contribution in [3.63, 3.8) is 0 Å². The van der Waals surface area contributed by atoms with Gasteiger partial charge in [-0.2, -0.15) is 8.42 Å². The van der Waals surface area contributed by atoms with Gasteiger partial charge in [0.2, 0.25) is 0 Å². The zero-order valence-electron chi connectivity index (χ0n) is 11.6. The molecule has 8 heteroatoms. The van der Waals surface area contributed by atoms with Gasteiger partial charge in [-0.3, -0.25) is 4.18 Å². The van der Waals surface area contributed by atoms with E-state index in [1.807, 2.05) is 0 Å². The first-order chi connectivity index (χ1) is 8.57. The molecule has 1 rings (SSSR count). The van der Waals surface area contributed by atoms with Crippen molar-refractivity contribution in [2.45, 2.75) is 39.2 Å². The summed E-state index contributed by atoms with van der Waals surface area (Å²) in [6.45, 7) is 6.44. The van der Waals surface area contributed by atoms with E-state index >= 15 is 0 Å². The average Bonchev–Trinajstić information content (AvgIpc) is 2.23. The van der Waals surface area contributed by atoms with Crippen LogP contribution in [0.15, 0.2) is 0 Å². The first-order valence-electron chi connectivity index (χ1n) is 6.22. The van der Waals surface area contributed by atoms with E-state index in [0.29, 0.717) is 13.1 Å². The molecule has 0 saturated carbocycles. The smallest absolute Gasteiger partial charge is 0.410 e. The van der Waals surface area contributed by atoms with Crippen LogP contribution in [-0.2, 0) is 19.2 Å². The van der Waals surface area contributed by atoms with Crippen LogP contribution in [-0.4, -0.2) is 44.7 Å². The highest BCUT2D eigenvalue weighted by atomic mass is 32.2. The van der Waals surface area contributed by atoms with Crippen molar-refractivity contribution in [3.8, 4) is 0 Å². The predicted octanol–water partition coefficient (Wildman–Crippen LogP) is 0.854. The highest BCUT2D eigenvalue weighted by molar-refractivity contribution is 7.84. The summed E-state index contributed by atoms with van der Waals surface area (Å²) in [6.07, 6.45) is 1.21. The molecule has 1 heterocycles. The number of rotatable bonds is 3. The maximum atomic E-state index is 11.9. The second kappa shape index (κ2) is 6.06. The Morgan fingerprint density at radius 2 is 2.05 bits per heavy atom. The Morgan fingerprint density at radius 1 is 1.42 bits per heavy atom. The molecule has 1 fully saturated rings. The van der Waals surface area contributed by atoms with Gasteiger partial charge in [0, 0.05) is 19.0 Å². The van der Waals surface area contributed by atoms with Crippen LogP contribution in [0.5, 0.6) is 0 Å². The van der Waals surface area contributed by atoms with Crippen LogP contribution in [0.4, 0.5) is 4.79 Å². The molecule has 0 aliphatic carbocycles. The number of carbonyl (C=O) groups excluding carboxylic acids is 1. The molecule has 0 spiro atoms. The van der Waals surface area contributed by atoms with Gasteiger partial charge in [-0.05, 0) is 33.6 Å². The van der Waals surface area contributed by atoms with Gasteiger partial charge in [0.05, 0.1) is 6.61 Å². The van der Waals surface area contributed by atoms with Crippen LogP contribution in [0.3, 0.4) is 0 Å². The lowest BCUT2D eigenvalue weighted by Gasteiger charge is -2.33. The van der Waals surface area contributed by atoms with Crippen molar-refractivity contribution >= 4 is 16.4 Å². The second-order valence-electron chi connectivity index (χ2n) is 5.71. The summed E-state index contributed by atoms with van der Waals surface area (Å²) in [7, 11) is -3.92. The van der Waals surface area contributed by atoms with E-state index < -0.39 is 15.9 Å². The third-order valence-electron chi connectivity index (χ3n) is 2.64. The molecule has 1 aliphatic heterocycles. The summed E-state index contributed by atoms with van der Waals surface area (Å²) in [5, 5.41) is 4.78. The summed E-state index contributed by atoms with van der Waals surface area (Å²) in [5.74, 6) is -0.0420. The first kappa shape index (κ1) is 16.2. The minimum absolute atomic E-state index is 0.00185. The molecule has 0 radical (unpaired) electrons. The Bertz CT molecular complexity index is 415. The molecule has 0 aromatic rings. The minimum Gasteiger partial charge on any atom is -0.444 e. The lowest BCUT2D eigenvalue weighted by atomic mass is 9.99. The summed E-state index contributed by atoms with van der Waals surface area (Å²) >= 11 is 0. The van der Waals surface area contributed by atoms with Crippen LogP contribution in [0.25, 0.3) is 0 Å². The van der Waals surface area contributed by atoms with E-state index in [1.165, 1.54) is 0 Å². The van der Waals surface area contributed by atoms with E-state index in [2.05, 4.69) is 4.18 Å². The highest BCUT2D eigenvalue weighted by Crippen LogP contribution is 2.19. The molecule has 19 heavy (non-hydrogen) atoms. The van der Waals surface area contributed by atoms with Crippen LogP contribution in [0.1, 0.15) is 33.6 Å². The monoisotopic (exact) mass is 294 g/mol. The predicted molar refractivity (Wildman–Crippen MR) is 69.6 cm³/mol. The number of hydrogen-bond acceptors (Lipinski definition) is 5. The third-order valence-corrected chi connectivity index (χ3v) is 3.10. The Hall–Kier alpha value is -0.860. The Kier molecular flexibility index (Phi) is 5.17. The van der Waals surface area contributed by atoms with Crippen LogP contribution < -0.4 is 5.14 Å². The van der Waals surface area contributed by atoms with E-state index in [0.717, 1.165) is 12.8 Å². The van der Waals surface area contributed by atoms with Crippen molar-refractivity contribution in [2.24, 2.45) is 11.1 Å². The van der Waals surface area contributed by atoms with Crippen molar-refractivity contribution < 1.29 is 22.1 Å². The molecule has 7 nitrogen and oxygen atoms in total. The Labute approximate surface area is 114 Å². The molecule has 0 aromatic carbocycles. The largest absolute Gasteiger partial charge is 0.444 e. The first-order valence-corrected chi connectivity index (χ1v) is 7.69. The molecule has 1 unspecified atom stereocenters. The van der Waals surface area contributed by atoms with Gasteiger partial charge < -0.3 is 9.64 Å². The number of amides is 1. The van der Waals surface area contributed by atoms with E-state index in [-0.39, 0.29) is 18.6 Å². The van der Waals surface area contributed by atoms with Crippen LogP contribution >= 0.6 is 0 Å². The fourth-order valence-electron chi connectivity index (χ4n) is 1.88. The zero-order valence-corrected chi connectivity index (χ0v) is 12.4. The van der Waals surface area contributed by atoms with Crippen molar-refractivity contribution in [3.05, 3.63) is 0 Å². The molecule has 0 bridgehead atoms. The molecule has 1 aliphatic rings. The van der Waals surface area contributed by atoms with Crippen molar-refractivity contribution in [1.82, 2.24) is 4.90 Å².